The second-order valence-corrected chi connectivity index (χ2v) is 8.39. The molecule has 2 N–H and O–H groups in total. The van der Waals surface area contributed by atoms with E-state index >= 15 is 0 Å². The maximum absolute atomic E-state index is 13.6. The van der Waals surface area contributed by atoms with Crippen molar-refractivity contribution in [2.45, 2.75) is 12.1 Å². The summed E-state index contributed by atoms with van der Waals surface area (Å²) in [5, 5.41) is 4.88. The summed E-state index contributed by atoms with van der Waals surface area (Å²) in [6.45, 7) is 0.0485. The fourth-order valence-electron chi connectivity index (χ4n) is 4.27. The van der Waals surface area contributed by atoms with E-state index in [0.717, 1.165) is 5.56 Å². The molecule has 0 unspecified atom stereocenters. The Kier molecular flexibility index (Phi) is 4.90. The van der Waals surface area contributed by atoms with E-state index in [9.17, 15) is 23.2 Å². The van der Waals surface area contributed by atoms with Gasteiger partial charge in [-0.15, -0.1) is 0 Å². The summed E-state index contributed by atoms with van der Waals surface area (Å²) in [5.41, 5.74) is 1.21. The molecule has 9 heteroatoms. The number of nitrogens with zero attached hydrogens (tertiary/aromatic N) is 1. The third-order valence-corrected chi connectivity index (χ3v) is 6.24. The van der Waals surface area contributed by atoms with Crippen LogP contribution in [0.3, 0.4) is 0 Å². The van der Waals surface area contributed by atoms with Gasteiger partial charge in [-0.25, -0.2) is 13.6 Å². The fourth-order valence-corrected chi connectivity index (χ4v) is 4.45. The van der Waals surface area contributed by atoms with Crippen LogP contribution in [0.4, 0.5) is 13.6 Å². The van der Waals surface area contributed by atoms with Gasteiger partial charge in [0, 0.05) is 12.1 Å². The number of carbonyl (C=O) groups is 3. The fraction of sp³-hybridized carbons (Fsp3) is 0.125. The summed E-state index contributed by atoms with van der Waals surface area (Å²) in [5.74, 6) is -2.07. The van der Waals surface area contributed by atoms with Crippen molar-refractivity contribution in [1.82, 2.24) is 15.5 Å². The highest BCUT2D eigenvalue weighted by Crippen LogP contribution is 2.33. The highest BCUT2D eigenvalue weighted by atomic mass is 35.5. The number of carbonyl (C=O) groups excluding carboxylic acids is 3. The van der Waals surface area contributed by atoms with Gasteiger partial charge in [0.2, 0.25) is 0 Å². The first kappa shape index (κ1) is 21.1. The van der Waals surface area contributed by atoms with Crippen LogP contribution in [0.25, 0.3) is 11.1 Å². The highest BCUT2D eigenvalue weighted by Gasteiger charge is 2.50. The predicted molar refractivity (Wildman–Crippen MR) is 116 cm³/mol. The van der Waals surface area contributed by atoms with Gasteiger partial charge < -0.3 is 10.2 Å². The maximum Gasteiger partial charge on any atom is 0.322 e. The number of benzene rings is 3. The van der Waals surface area contributed by atoms with Crippen LogP contribution in [0.15, 0.2) is 60.7 Å². The molecule has 3 aromatic rings. The third-order valence-electron chi connectivity index (χ3n) is 5.95. The molecule has 4 amide bonds. The molecule has 5 rings (SSSR count). The van der Waals surface area contributed by atoms with Gasteiger partial charge in [0.1, 0.15) is 11.6 Å². The first-order valence-electron chi connectivity index (χ1n) is 10.0. The average Bonchev–Trinajstić information content (AvgIpc) is 3.25. The van der Waals surface area contributed by atoms with Gasteiger partial charge in [-0.05, 0) is 46.5 Å². The topological polar surface area (TPSA) is 78.5 Å². The number of hydrogen-bond donors (Lipinski definition) is 2. The van der Waals surface area contributed by atoms with E-state index in [1.165, 1.54) is 35.2 Å². The van der Waals surface area contributed by atoms with Crippen molar-refractivity contribution < 1.29 is 23.2 Å². The first-order chi connectivity index (χ1) is 15.8. The Balaban J connectivity index is 1.49. The van der Waals surface area contributed by atoms with E-state index in [4.69, 9.17) is 11.6 Å². The van der Waals surface area contributed by atoms with Crippen molar-refractivity contribution in [3.8, 4) is 11.1 Å². The lowest BCUT2D eigenvalue weighted by Gasteiger charge is -2.31. The SMILES string of the molecule is O=C1NC(=O)[C@@](CN2Cc3ccc(F)cc3C2=O)(c2ccc(-c3ccc(F)c(Cl)c3)cc2)N1. The molecule has 0 aromatic heterocycles. The van der Waals surface area contributed by atoms with E-state index in [1.54, 1.807) is 30.3 Å². The van der Waals surface area contributed by atoms with Crippen molar-refractivity contribution in [3.05, 3.63) is 94.0 Å². The molecular formula is C24H16ClF2N3O3. The molecule has 0 aliphatic carbocycles. The van der Waals surface area contributed by atoms with Gasteiger partial charge in [0.05, 0.1) is 11.6 Å². The Morgan fingerprint density at radius 3 is 2.33 bits per heavy atom. The van der Waals surface area contributed by atoms with Crippen LogP contribution in [0.2, 0.25) is 5.02 Å². The predicted octanol–water partition coefficient (Wildman–Crippen LogP) is 3.98. The Bertz CT molecular complexity index is 1330. The van der Waals surface area contributed by atoms with Gasteiger partial charge in [0.25, 0.3) is 11.8 Å². The molecule has 0 spiro atoms. The Morgan fingerprint density at radius 1 is 0.939 bits per heavy atom. The molecule has 33 heavy (non-hydrogen) atoms. The van der Waals surface area contributed by atoms with Crippen molar-refractivity contribution in [1.29, 1.82) is 0 Å². The molecule has 3 aromatic carbocycles. The smallest absolute Gasteiger partial charge is 0.322 e. The summed E-state index contributed by atoms with van der Waals surface area (Å²) >= 11 is 5.88. The van der Waals surface area contributed by atoms with Crippen molar-refractivity contribution >= 4 is 29.4 Å². The van der Waals surface area contributed by atoms with Gasteiger partial charge >= 0.3 is 6.03 Å². The summed E-state index contributed by atoms with van der Waals surface area (Å²) in [6, 6.07) is 14.4. The second kappa shape index (κ2) is 7.67. The zero-order chi connectivity index (χ0) is 23.3. The number of rotatable bonds is 4. The summed E-state index contributed by atoms with van der Waals surface area (Å²) in [4.78, 5) is 39.3. The van der Waals surface area contributed by atoms with Gasteiger partial charge in [-0.1, -0.05) is 48.0 Å². The molecule has 1 fully saturated rings. The monoisotopic (exact) mass is 467 g/mol. The molecule has 2 aliphatic heterocycles. The minimum atomic E-state index is -1.52. The number of hydrogen-bond acceptors (Lipinski definition) is 3. The summed E-state index contributed by atoms with van der Waals surface area (Å²) in [7, 11) is 0. The van der Waals surface area contributed by atoms with E-state index in [-0.39, 0.29) is 23.7 Å². The van der Waals surface area contributed by atoms with Gasteiger partial charge in [-0.3, -0.25) is 14.9 Å². The Labute approximate surface area is 192 Å². The number of urea groups is 1. The summed E-state index contributed by atoms with van der Waals surface area (Å²) < 4.78 is 27.1. The Hall–Kier alpha value is -3.78. The first-order valence-corrected chi connectivity index (χ1v) is 10.4. The van der Waals surface area contributed by atoms with E-state index in [0.29, 0.717) is 16.7 Å². The van der Waals surface area contributed by atoms with Crippen molar-refractivity contribution in [2.24, 2.45) is 0 Å². The van der Waals surface area contributed by atoms with E-state index in [1.807, 2.05) is 0 Å². The average molecular weight is 468 g/mol. The zero-order valence-electron chi connectivity index (χ0n) is 17.0. The van der Waals surface area contributed by atoms with Crippen LogP contribution in [-0.2, 0) is 16.9 Å². The number of fused-ring (bicyclic) bond motifs is 1. The van der Waals surface area contributed by atoms with Crippen LogP contribution in [0, 0.1) is 11.6 Å². The lowest BCUT2D eigenvalue weighted by molar-refractivity contribution is -0.124. The highest BCUT2D eigenvalue weighted by molar-refractivity contribution is 6.31. The molecule has 1 atom stereocenters. The third kappa shape index (κ3) is 3.52. The Morgan fingerprint density at radius 2 is 1.67 bits per heavy atom. The zero-order valence-corrected chi connectivity index (χ0v) is 17.7. The number of halogens is 3. The molecule has 6 nitrogen and oxygen atoms in total. The molecule has 0 bridgehead atoms. The van der Waals surface area contributed by atoms with Crippen molar-refractivity contribution in [2.75, 3.05) is 6.54 Å². The number of amides is 4. The standard InChI is InChI=1S/C24H16ClF2N3O3/c25-19-9-14(4-8-20(19)27)13-1-5-16(6-2-13)24(22(32)28-23(33)29-24)12-30-11-15-3-7-17(26)10-18(15)21(30)31/h1-10H,11-12H2,(H2,28,29,32,33)/t24-/m1/s1. The largest absolute Gasteiger partial charge is 0.331 e. The summed E-state index contributed by atoms with van der Waals surface area (Å²) in [6.07, 6.45) is 0. The molecule has 1 saturated heterocycles. The molecule has 0 radical (unpaired) electrons. The van der Waals surface area contributed by atoms with E-state index < -0.39 is 35.0 Å². The lowest BCUT2D eigenvalue weighted by Crippen LogP contribution is -2.52. The minimum Gasteiger partial charge on any atom is -0.331 e. The lowest BCUT2D eigenvalue weighted by atomic mass is 9.88. The van der Waals surface area contributed by atoms with Crippen LogP contribution < -0.4 is 10.6 Å². The van der Waals surface area contributed by atoms with E-state index in [2.05, 4.69) is 10.6 Å². The van der Waals surface area contributed by atoms with Crippen LogP contribution >= 0.6 is 11.6 Å². The molecule has 2 heterocycles. The van der Waals surface area contributed by atoms with Crippen LogP contribution in [0.1, 0.15) is 21.5 Å². The van der Waals surface area contributed by atoms with Crippen LogP contribution in [-0.4, -0.2) is 29.3 Å². The molecule has 2 aliphatic rings. The molecule has 166 valence electrons. The second-order valence-electron chi connectivity index (χ2n) is 7.98. The number of nitrogens with one attached hydrogen (secondary N) is 2. The van der Waals surface area contributed by atoms with Crippen LogP contribution in [0.5, 0.6) is 0 Å². The maximum atomic E-state index is 13.6. The number of imide groups is 1. The van der Waals surface area contributed by atoms with Gasteiger partial charge in [-0.2, -0.15) is 0 Å². The quantitative estimate of drug-likeness (QED) is 0.570. The molecule has 0 saturated carbocycles. The van der Waals surface area contributed by atoms with Gasteiger partial charge in [0.15, 0.2) is 5.54 Å². The molecular weight excluding hydrogens is 452 g/mol. The van der Waals surface area contributed by atoms with Crippen molar-refractivity contribution in [3.63, 3.8) is 0 Å². The normalized spacial score (nSPS) is 19.5. The minimum absolute atomic E-state index is 0.0148.